The van der Waals surface area contributed by atoms with Crippen molar-refractivity contribution in [2.24, 2.45) is 0 Å². The lowest BCUT2D eigenvalue weighted by atomic mass is 9.55. The lowest BCUT2D eigenvalue weighted by Crippen LogP contribution is -2.40. The van der Waals surface area contributed by atoms with Crippen molar-refractivity contribution in [2.75, 3.05) is 0 Å². The fraction of sp³-hybridized carbons (Fsp3) is 0.0597. The summed E-state index contributed by atoms with van der Waals surface area (Å²) in [6.07, 6.45) is 0. The topological polar surface area (TPSA) is 43.6 Å². The van der Waals surface area contributed by atoms with Gasteiger partial charge in [-0.1, -0.05) is 214 Å². The molecule has 2 heterocycles. The van der Waals surface area contributed by atoms with Crippen molar-refractivity contribution in [1.82, 2.24) is 19.5 Å². The highest BCUT2D eigenvalue weighted by atomic mass is 15.0. The van der Waals surface area contributed by atoms with Gasteiger partial charge in [-0.3, -0.25) is 0 Å². The SMILES string of the molecule is CC1(C)c2ccccc2C2(c3ccccc3-c3cc(-c4ccc(-c5nc(-c6ccc(-c7ccccc7)cc6)nc(-c6ccc7c(c6)c6ccccc6n7-c6ccccc6)n5)cc4)ccc32)c2ccccc21. The van der Waals surface area contributed by atoms with E-state index in [0.29, 0.717) is 17.5 Å². The maximum Gasteiger partial charge on any atom is 0.164 e. The summed E-state index contributed by atoms with van der Waals surface area (Å²) >= 11 is 0. The number of aromatic nitrogens is 4. The predicted octanol–water partition coefficient (Wildman–Crippen LogP) is 16.3. The van der Waals surface area contributed by atoms with Crippen molar-refractivity contribution in [3.8, 4) is 73.2 Å². The molecule has 0 saturated carbocycles. The molecule has 12 aromatic rings. The van der Waals surface area contributed by atoms with Crippen molar-refractivity contribution in [3.05, 3.63) is 276 Å². The van der Waals surface area contributed by atoms with Gasteiger partial charge >= 0.3 is 0 Å². The molecule has 10 aromatic carbocycles. The number of rotatable bonds is 6. The smallest absolute Gasteiger partial charge is 0.164 e. The molecule has 0 N–H and O–H groups in total. The number of benzene rings is 10. The standard InChI is InChI=1S/C67H46N4/c1-66(2)57-24-12-14-26-59(57)67(60-27-15-13-25-58(60)66)55-23-11-9-21-51(55)53-41-48(37-39-56(53)67)45-31-35-47(36-32-45)64-68-63(46-33-29-44(30-34-46)43-17-5-3-6-18-43)69-65(70-64)49-38-40-62-54(42-49)52-22-10-16-28-61(52)71(62)50-19-7-4-8-20-50/h3-42H,1-2H3. The van der Waals surface area contributed by atoms with Gasteiger partial charge in [0.25, 0.3) is 0 Å². The van der Waals surface area contributed by atoms with Crippen LogP contribution in [0, 0.1) is 0 Å². The number of fused-ring (bicyclic) bond motifs is 12. The van der Waals surface area contributed by atoms with Gasteiger partial charge in [-0.05, 0) is 109 Å². The molecule has 1 spiro atoms. The Hall–Kier alpha value is -8.99. The summed E-state index contributed by atoms with van der Waals surface area (Å²) in [7, 11) is 0. The van der Waals surface area contributed by atoms with Crippen molar-refractivity contribution >= 4 is 21.8 Å². The first-order valence-corrected chi connectivity index (χ1v) is 24.5. The molecule has 14 rings (SSSR count). The molecule has 0 radical (unpaired) electrons. The van der Waals surface area contributed by atoms with Crippen molar-refractivity contribution in [3.63, 3.8) is 0 Å². The molecule has 0 unspecified atom stereocenters. The van der Waals surface area contributed by atoms with Crippen molar-refractivity contribution in [2.45, 2.75) is 24.7 Å². The second-order valence-electron chi connectivity index (χ2n) is 19.5. The zero-order valence-corrected chi connectivity index (χ0v) is 39.4. The monoisotopic (exact) mass is 906 g/mol. The molecule has 334 valence electrons. The van der Waals surface area contributed by atoms with Crippen LogP contribution in [-0.4, -0.2) is 19.5 Å². The first kappa shape index (κ1) is 41.0. The Labute approximate surface area is 413 Å². The van der Waals surface area contributed by atoms with Crippen LogP contribution in [0.1, 0.15) is 47.2 Å². The summed E-state index contributed by atoms with van der Waals surface area (Å²) in [4.78, 5) is 15.7. The summed E-state index contributed by atoms with van der Waals surface area (Å²) in [5, 5.41) is 2.32. The zero-order valence-electron chi connectivity index (χ0n) is 39.4. The maximum atomic E-state index is 5.26. The van der Waals surface area contributed by atoms with Crippen LogP contribution in [0.4, 0.5) is 0 Å². The third-order valence-corrected chi connectivity index (χ3v) is 15.4. The molecule has 0 fully saturated rings. The van der Waals surface area contributed by atoms with Gasteiger partial charge in [0.05, 0.1) is 16.4 Å². The zero-order chi connectivity index (χ0) is 47.3. The van der Waals surface area contributed by atoms with E-state index in [0.717, 1.165) is 49.9 Å². The van der Waals surface area contributed by atoms with E-state index in [-0.39, 0.29) is 5.41 Å². The Morgan fingerprint density at radius 2 is 0.732 bits per heavy atom. The Bertz CT molecular complexity index is 4010. The highest BCUT2D eigenvalue weighted by Gasteiger charge is 2.53. The van der Waals surface area contributed by atoms with Gasteiger partial charge in [0.15, 0.2) is 17.5 Å². The van der Waals surface area contributed by atoms with E-state index >= 15 is 0 Å². The van der Waals surface area contributed by atoms with Crippen LogP contribution in [0.2, 0.25) is 0 Å². The van der Waals surface area contributed by atoms with Gasteiger partial charge in [0.2, 0.25) is 0 Å². The van der Waals surface area contributed by atoms with Crippen LogP contribution in [0.25, 0.3) is 95.0 Å². The highest BCUT2D eigenvalue weighted by molar-refractivity contribution is 6.10. The van der Waals surface area contributed by atoms with E-state index in [9.17, 15) is 0 Å². The lowest BCUT2D eigenvalue weighted by Gasteiger charge is -2.46. The average molecular weight is 907 g/mol. The van der Waals surface area contributed by atoms with Crippen LogP contribution in [0.3, 0.4) is 0 Å². The predicted molar refractivity (Wildman–Crippen MR) is 291 cm³/mol. The fourth-order valence-electron chi connectivity index (χ4n) is 12.0. The van der Waals surface area contributed by atoms with Crippen molar-refractivity contribution < 1.29 is 0 Å². The van der Waals surface area contributed by atoms with E-state index in [4.69, 9.17) is 15.0 Å². The minimum Gasteiger partial charge on any atom is -0.309 e. The third kappa shape index (κ3) is 6.21. The maximum absolute atomic E-state index is 5.26. The number of para-hydroxylation sites is 2. The van der Waals surface area contributed by atoms with E-state index < -0.39 is 5.41 Å². The quantitative estimate of drug-likeness (QED) is 0.167. The molecule has 0 aliphatic heterocycles. The number of hydrogen-bond donors (Lipinski definition) is 0. The second kappa shape index (κ2) is 15.8. The third-order valence-electron chi connectivity index (χ3n) is 15.4. The number of nitrogens with zero attached hydrogens (tertiary/aromatic N) is 4. The summed E-state index contributed by atoms with van der Waals surface area (Å²) in [5.41, 5.74) is 21.0. The minimum absolute atomic E-state index is 0.136. The molecule has 0 bridgehead atoms. The Kier molecular flexibility index (Phi) is 9.12. The Balaban J connectivity index is 0.884. The van der Waals surface area contributed by atoms with Gasteiger partial charge < -0.3 is 4.57 Å². The van der Waals surface area contributed by atoms with Crippen molar-refractivity contribution in [1.29, 1.82) is 0 Å². The normalized spacial score (nSPS) is 13.7. The lowest BCUT2D eigenvalue weighted by molar-refractivity contribution is 0.563. The molecular formula is C67H46N4. The average Bonchev–Trinajstić information content (AvgIpc) is 3.94. The summed E-state index contributed by atoms with van der Waals surface area (Å²) in [6, 6.07) is 87.9. The van der Waals surface area contributed by atoms with Gasteiger partial charge in [-0.25, -0.2) is 15.0 Å². The summed E-state index contributed by atoms with van der Waals surface area (Å²) in [6.45, 7) is 4.75. The van der Waals surface area contributed by atoms with Crippen LogP contribution in [0.5, 0.6) is 0 Å². The molecule has 2 aliphatic rings. The van der Waals surface area contributed by atoms with Gasteiger partial charge in [0, 0.05) is 38.6 Å². The second-order valence-corrected chi connectivity index (χ2v) is 19.5. The first-order chi connectivity index (χ1) is 34.9. The summed E-state index contributed by atoms with van der Waals surface area (Å²) in [5.74, 6) is 1.87. The molecular weight excluding hydrogens is 861 g/mol. The van der Waals surface area contributed by atoms with Gasteiger partial charge in [-0.2, -0.15) is 0 Å². The molecule has 0 atom stereocenters. The fourth-order valence-corrected chi connectivity index (χ4v) is 12.0. The molecule has 4 nitrogen and oxygen atoms in total. The molecule has 2 aliphatic carbocycles. The van der Waals surface area contributed by atoms with Crippen LogP contribution in [0.15, 0.2) is 243 Å². The first-order valence-electron chi connectivity index (χ1n) is 24.5. The van der Waals surface area contributed by atoms with Crippen LogP contribution >= 0.6 is 0 Å². The van der Waals surface area contributed by atoms with E-state index in [2.05, 4.69) is 255 Å². The van der Waals surface area contributed by atoms with Crippen LogP contribution in [-0.2, 0) is 10.8 Å². The largest absolute Gasteiger partial charge is 0.309 e. The van der Waals surface area contributed by atoms with E-state index in [1.54, 1.807) is 0 Å². The molecule has 0 amide bonds. The van der Waals surface area contributed by atoms with Crippen LogP contribution < -0.4 is 0 Å². The molecule has 2 aromatic heterocycles. The van der Waals surface area contributed by atoms with Gasteiger partial charge in [-0.15, -0.1) is 0 Å². The Morgan fingerprint density at radius 3 is 1.38 bits per heavy atom. The number of hydrogen-bond acceptors (Lipinski definition) is 3. The molecule has 4 heteroatoms. The molecule has 71 heavy (non-hydrogen) atoms. The molecule has 0 saturated heterocycles. The van der Waals surface area contributed by atoms with E-state index in [1.807, 2.05) is 6.07 Å². The van der Waals surface area contributed by atoms with E-state index in [1.165, 1.54) is 61.0 Å². The Morgan fingerprint density at radius 1 is 0.296 bits per heavy atom. The van der Waals surface area contributed by atoms with Gasteiger partial charge in [0.1, 0.15) is 0 Å². The summed E-state index contributed by atoms with van der Waals surface area (Å²) < 4.78 is 2.33. The minimum atomic E-state index is -0.420. The highest BCUT2D eigenvalue weighted by Crippen LogP contribution is 2.62.